The van der Waals surface area contributed by atoms with Gasteiger partial charge in [0.1, 0.15) is 30.5 Å². The summed E-state index contributed by atoms with van der Waals surface area (Å²) in [5.74, 6) is -0.360. The first-order valence-corrected chi connectivity index (χ1v) is 24.2. The maximum absolute atomic E-state index is 12.8. The fraction of sp³-hybridized carbons (Fsp3) is 0.712. The molecular formula is C52H88O9. The molecule has 1 fully saturated rings. The summed E-state index contributed by atoms with van der Waals surface area (Å²) in [7, 11) is 0. The van der Waals surface area contributed by atoms with Crippen molar-refractivity contribution in [1.29, 1.82) is 0 Å². The topological polar surface area (TPSA) is 135 Å². The predicted octanol–water partition coefficient (Wildman–Crippen LogP) is 11.4. The summed E-state index contributed by atoms with van der Waals surface area (Å²) >= 11 is 0. The Kier molecular flexibility index (Phi) is 39.4. The number of carbonyl (C=O) groups is 1. The first kappa shape index (κ1) is 56.4. The molecule has 0 aliphatic carbocycles. The Labute approximate surface area is 371 Å². The van der Waals surface area contributed by atoms with Crippen molar-refractivity contribution in [3.63, 3.8) is 0 Å². The van der Waals surface area contributed by atoms with Crippen LogP contribution < -0.4 is 0 Å². The molecule has 0 amide bonds. The quantitative estimate of drug-likeness (QED) is 0.0270. The third-order valence-electron chi connectivity index (χ3n) is 10.5. The number of aliphatic hydroxyl groups is 4. The van der Waals surface area contributed by atoms with Gasteiger partial charge in [0.25, 0.3) is 0 Å². The van der Waals surface area contributed by atoms with Gasteiger partial charge in [-0.05, 0) is 89.9 Å². The van der Waals surface area contributed by atoms with Crippen LogP contribution in [0.2, 0.25) is 0 Å². The summed E-state index contributed by atoms with van der Waals surface area (Å²) in [6.45, 7) is 4.36. The summed E-state index contributed by atoms with van der Waals surface area (Å²) in [6.07, 6.45) is 50.4. The number of allylic oxidation sites excluding steroid dienone is 14. The molecule has 9 heteroatoms. The highest BCUT2D eigenvalue weighted by Gasteiger charge is 2.44. The molecule has 1 aliphatic heterocycles. The van der Waals surface area contributed by atoms with Crippen LogP contribution in [-0.2, 0) is 23.7 Å². The standard InChI is InChI=1S/C52H88O9/c1-3-5-7-9-11-13-15-17-19-21-22-23-24-25-27-29-31-33-35-37-39-41-48(54)60-46(45-59-52-51(57)50(56)49(55)47(43-53)61-52)44-58-42-40-38-36-34-32-30-28-26-20-18-16-14-12-10-8-6-4-2/h5,7,11,13,17,19-20,22-23,25-27,31,33,46-47,49-53,55-57H,3-4,6,8-10,12,14-16,18,21,24,28-30,32,34-45H2,1-2H3/b7-5-,13-11-,19-17-,23-22-,26-20-,27-25-,33-31-. The van der Waals surface area contributed by atoms with Crippen molar-refractivity contribution in [3.8, 4) is 0 Å². The maximum Gasteiger partial charge on any atom is 0.306 e. The van der Waals surface area contributed by atoms with Gasteiger partial charge >= 0.3 is 5.97 Å². The van der Waals surface area contributed by atoms with Crippen molar-refractivity contribution < 1.29 is 44.2 Å². The van der Waals surface area contributed by atoms with Gasteiger partial charge < -0.3 is 39.4 Å². The second-order valence-corrected chi connectivity index (χ2v) is 16.2. The zero-order chi connectivity index (χ0) is 44.3. The van der Waals surface area contributed by atoms with E-state index in [1.165, 1.54) is 70.6 Å². The molecule has 0 saturated carbocycles. The van der Waals surface area contributed by atoms with Crippen LogP contribution in [0.5, 0.6) is 0 Å². The third kappa shape index (κ3) is 33.6. The Hall–Kier alpha value is -2.63. The van der Waals surface area contributed by atoms with Crippen molar-refractivity contribution in [2.24, 2.45) is 0 Å². The molecule has 9 nitrogen and oxygen atoms in total. The summed E-state index contributed by atoms with van der Waals surface area (Å²) in [5.41, 5.74) is 0. The number of ether oxygens (including phenoxy) is 4. The van der Waals surface area contributed by atoms with Crippen molar-refractivity contribution in [3.05, 3.63) is 85.1 Å². The van der Waals surface area contributed by atoms with E-state index >= 15 is 0 Å². The Morgan fingerprint density at radius 1 is 0.541 bits per heavy atom. The average Bonchev–Trinajstić information content (AvgIpc) is 3.26. The SMILES string of the molecule is CC/C=C\C/C=C\C/C=C\C/C=C\C/C=C\C/C=C\CCCCC(=O)OC(COCCCCCCCC/C=C\CCCCCCCCC)COC1OC(CO)C(O)C(O)C1O. The molecule has 1 rings (SSSR count). The number of esters is 1. The minimum absolute atomic E-state index is 0.118. The van der Waals surface area contributed by atoms with Crippen LogP contribution in [0.1, 0.15) is 174 Å². The van der Waals surface area contributed by atoms with Crippen molar-refractivity contribution in [2.45, 2.75) is 211 Å². The largest absolute Gasteiger partial charge is 0.457 e. The van der Waals surface area contributed by atoms with Crippen LogP contribution in [0.3, 0.4) is 0 Å². The van der Waals surface area contributed by atoms with E-state index < -0.39 is 43.4 Å². The summed E-state index contributed by atoms with van der Waals surface area (Å²) < 4.78 is 22.8. The smallest absolute Gasteiger partial charge is 0.306 e. The molecule has 0 aromatic carbocycles. The summed E-state index contributed by atoms with van der Waals surface area (Å²) in [6, 6.07) is 0. The van der Waals surface area contributed by atoms with E-state index in [9.17, 15) is 25.2 Å². The Morgan fingerprint density at radius 3 is 1.52 bits per heavy atom. The first-order valence-electron chi connectivity index (χ1n) is 24.2. The van der Waals surface area contributed by atoms with Gasteiger partial charge in [-0.3, -0.25) is 4.79 Å². The highest BCUT2D eigenvalue weighted by Crippen LogP contribution is 2.22. The first-order chi connectivity index (χ1) is 29.9. The monoisotopic (exact) mass is 857 g/mol. The van der Waals surface area contributed by atoms with Gasteiger partial charge in [-0.2, -0.15) is 0 Å². The van der Waals surface area contributed by atoms with E-state index in [1.807, 2.05) is 0 Å². The Balaban J connectivity index is 2.30. The van der Waals surface area contributed by atoms with Gasteiger partial charge in [0.05, 0.1) is 19.8 Å². The third-order valence-corrected chi connectivity index (χ3v) is 10.5. The van der Waals surface area contributed by atoms with Crippen LogP contribution in [0, 0.1) is 0 Å². The molecule has 6 atom stereocenters. The Morgan fingerprint density at radius 2 is 1.00 bits per heavy atom. The van der Waals surface area contributed by atoms with Gasteiger partial charge in [-0.15, -0.1) is 0 Å². The highest BCUT2D eigenvalue weighted by molar-refractivity contribution is 5.69. The van der Waals surface area contributed by atoms with Crippen LogP contribution >= 0.6 is 0 Å². The van der Waals surface area contributed by atoms with Crippen LogP contribution in [0.25, 0.3) is 0 Å². The predicted molar refractivity (Wildman–Crippen MR) is 251 cm³/mol. The Bertz CT molecular complexity index is 1200. The number of aliphatic hydroxyl groups excluding tert-OH is 4. The molecule has 350 valence electrons. The zero-order valence-corrected chi connectivity index (χ0v) is 38.4. The second-order valence-electron chi connectivity index (χ2n) is 16.2. The van der Waals surface area contributed by atoms with Crippen molar-refractivity contribution >= 4 is 5.97 Å². The summed E-state index contributed by atoms with van der Waals surface area (Å²) in [5, 5.41) is 40.2. The zero-order valence-electron chi connectivity index (χ0n) is 38.4. The molecule has 0 spiro atoms. The van der Waals surface area contributed by atoms with Crippen LogP contribution in [-0.4, -0.2) is 89.6 Å². The lowest BCUT2D eigenvalue weighted by Gasteiger charge is -2.39. The van der Waals surface area contributed by atoms with Gasteiger partial charge in [0.2, 0.25) is 0 Å². The lowest BCUT2D eigenvalue weighted by atomic mass is 9.99. The molecule has 0 aromatic rings. The molecule has 1 aliphatic rings. The molecular weight excluding hydrogens is 769 g/mol. The van der Waals surface area contributed by atoms with E-state index in [-0.39, 0.29) is 25.6 Å². The molecule has 0 radical (unpaired) electrons. The fourth-order valence-electron chi connectivity index (χ4n) is 6.78. The maximum atomic E-state index is 12.8. The van der Waals surface area contributed by atoms with E-state index in [4.69, 9.17) is 18.9 Å². The van der Waals surface area contributed by atoms with E-state index in [1.54, 1.807) is 0 Å². The fourth-order valence-corrected chi connectivity index (χ4v) is 6.78. The normalized spacial score (nSPS) is 20.7. The molecule has 1 saturated heterocycles. The van der Waals surface area contributed by atoms with E-state index in [2.05, 4.69) is 98.9 Å². The number of hydrogen-bond acceptors (Lipinski definition) is 9. The van der Waals surface area contributed by atoms with Gasteiger partial charge in [0.15, 0.2) is 6.29 Å². The van der Waals surface area contributed by atoms with Crippen LogP contribution in [0.15, 0.2) is 85.1 Å². The minimum Gasteiger partial charge on any atom is -0.457 e. The average molecular weight is 857 g/mol. The molecule has 61 heavy (non-hydrogen) atoms. The highest BCUT2D eigenvalue weighted by atomic mass is 16.7. The lowest BCUT2D eigenvalue weighted by Crippen LogP contribution is -2.59. The number of hydrogen-bond donors (Lipinski definition) is 4. The van der Waals surface area contributed by atoms with Crippen molar-refractivity contribution in [1.82, 2.24) is 0 Å². The van der Waals surface area contributed by atoms with Crippen molar-refractivity contribution in [2.75, 3.05) is 26.4 Å². The molecule has 1 heterocycles. The second kappa shape index (κ2) is 42.7. The summed E-state index contributed by atoms with van der Waals surface area (Å²) in [4.78, 5) is 12.8. The van der Waals surface area contributed by atoms with E-state index in [0.717, 1.165) is 77.0 Å². The van der Waals surface area contributed by atoms with Crippen LogP contribution in [0.4, 0.5) is 0 Å². The molecule has 0 aromatic heterocycles. The van der Waals surface area contributed by atoms with Gasteiger partial charge in [-0.25, -0.2) is 0 Å². The molecule has 4 N–H and O–H groups in total. The van der Waals surface area contributed by atoms with E-state index in [0.29, 0.717) is 13.0 Å². The van der Waals surface area contributed by atoms with Gasteiger partial charge in [0, 0.05) is 13.0 Å². The minimum atomic E-state index is -1.55. The number of carbonyl (C=O) groups excluding carboxylic acids is 1. The molecule has 0 bridgehead atoms. The lowest BCUT2D eigenvalue weighted by molar-refractivity contribution is -0.305. The molecule has 6 unspecified atom stereocenters. The number of rotatable bonds is 40. The van der Waals surface area contributed by atoms with Gasteiger partial charge in [-0.1, -0.05) is 163 Å². The number of unbranched alkanes of at least 4 members (excludes halogenated alkanes) is 15.